The van der Waals surface area contributed by atoms with E-state index in [1.165, 1.54) is 0 Å². The molecule has 1 aromatic carbocycles. The van der Waals surface area contributed by atoms with Crippen LogP contribution in [-0.2, 0) is 23.3 Å². The van der Waals surface area contributed by atoms with Crippen LogP contribution < -0.4 is 15.8 Å². The van der Waals surface area contributed by atoms with Crippen LogP contribution in [0.15, 0.2) is 41.6 Å². The van der Waals surface area contributed by atoms with Gasteiger partial charge in [0, 0.05) is 74.1 Å². The predicted octanol–water partition coefficient (Wildman–Crippen LogP) is 6.94. The molecule has 10 nitrogen and oxygen atoms in total. The van der Waals surface area contributed by atoms with Crippen molar-refractivity contribution in [3.05, 3.63) is 52.2 Å². The van der Waals surface area contributed by atoms with E-state index < -0.39 is 13.7 Å². The Hall–Kier alpha value is -3.41. The van der Waals surface area contributed by atoms with E-state index in [2.05, 4.69) is 29.9 Å². The van der Waals surface area contributed by atoms with E-state index in [9.17, 15) is 9.59 Å². The van der Waals surface area contributed by atoms with Gasteiger partial charge in [0.05, 0.1) is 11.2 Å². The average Bonchev–Trinajstić information content (AvgIpc) is 3.45. The van der Waals surface area contributed by atoms with E-state index >= 15 is 0 Å². The third kappa shape index (κ3) is 6.68. The Labute approximate surface area is 276 Å². The Morgan fingerprint density at radius 3 is 2.48 bits per heavy atom. The molecule has 2 unspecified atom stereocenters. The van der Waals surface area contributed by atoms with Crippen molar-refractivity contribution in [1.82, 2.24) is 24.4 Å². The number of hydrogen-bond acceptors (Lipinski definition) is 7. The van der Waals surface area contributed by atoms with Crippen LogP contribution in [0.25, 0.3) is 33.1 Å². The van der Waals surface area contributed by atoms with Crippen LogP contribution in [0.1, 0.15) is 46.5 Å². The molecule has 1 amide bonds. The molecule has 1 N–H and O–H groups in total. The zero-order valence-electron chi connectivity index (χ0n) is 27.9. The summed E-state index contributed by atoms with van der Waals surface area (Å²) in [4.78, 5) is 37.9. The lowest BCUT2D eigenvalue weighted by atomic mass is 9.97. The summed E-state index contributed by atoms with van der Waals surface area (Å²) >= 11 is 6.99. The van der Waals surface area contributed by atoms with E-state index in [0.29, 0.717) is 29.1 Å². The van der Waals surface area contributed by atoms with Gasteiger partial charge in [0.1, 0.15) is 23.7 Å². The first-order valence-corrected chi connectivity index (χ1v) is 20.3. The largest absolute Gasteiger partial charge is 0.444 e. The lowest BCUT2D eigenvalue weighted by Gasteiger charge is -2.39. The minimum Gasteiger partial charge on any atom is -0.444 e. The molecule has 2 saturated heterocycles. The number of aryl methyl sites for hydroxylation is 1. The number of nitrogens with zero attached hydrogens (tertiary/aromatic N) is 5. The van der Waals surface area contributed by atoms with Crippen molar-refractivity contribution in [3.63, 3.8) is 0 Å². The van der Waals surface area contributed by atoms with Gasteiger partial charge < -0.3 is 28.8 Å². The Balaban J connectivity index is 1.33. The van der Waals surface area contributed by atoms with Crippen molar-refractivity contribution < 1.29 is 14.3 Å². The van der Waals surface area contributed by atoms with Crippen LogP contribution in [-0.4, -0.2) is 63.6 Å². The Bertz CT molecular complexity index is 1830. The zero-order valence-corrected chi connectivity index (χ0v) is 29.6. The number of anilines is 1. The number of pyridine rings is 1. The molecule has 12 heteroatoms. The normalized spacial score (nSPS) is 20.1. The van der Waals surface area contributed by atoms with Crippen molar-refractivity contribution in [1.29, 1.82) is 0 Å². The first-order chi connectivity index (χ1) is 21.7. The molecule has 5 heterocycles. The van der Waals surface area contributed by atoms with Crippen LogP contribution in [0, 0.1) is 0 Å². The molecule has 2 aliphatic heterocycles. The molecule has 3 aromatic heterocycles. The number of nitrogens with one attached hydrogen (secondary N) is 1. The minimum absolute atomic E-state index is 0.0578. The molecule has 0 saturated carbocycles. The zero-order chi connectivity index (χ0) is 33.0. The third-order valence-electron chi connectivity index (χ3n) is 8.98. The lowest BCUT2D eigenvalue weighted by molar-refractivity contribution is 0.0492. The highest BCUT2D eigenvalue weighted by molar-refractivity contribution is 6.76. The third-order valence-corrected chi connectivity index (χ3v) is 11.1. The summed E-state index contributed by atoms with van der Waals surface area (Å²) in [5.74, 6) is 0.830. The number of halogens is 1. The number of alkyl carbamates (subject to hydrolysis) is 1. The number of aromatic nitrogens is 4. The summed E-state index contributed by atoms with van der Waals surface area (Å²) in [6.07, 6.45) is 8.98. The SMILES string of the molecule is Cn1ccc2c(Cl)c(-c3cn(COCC[Si](C)(C)C)c4nc(N5C6CCC5CC(NC(=O)OC(C)(C)C)C6)cnc34)ccc2c1=O. The van der Waals surface area contributed by atoms with Gasteiger partial charge in [-0.1, -0.05) is 37.3 Å². The van der Waals surface area contributed by atoms with Gasteiger partial charge in [-0.2, -0.15) is 0 Å². The number of carbonyl (C=O) groups excluding carboxylic acids is 1. The first-order valence-electron chi connectivity index (χ1n) is 16.2. The van der Waals surface area contributed by atoms with Gasteiger partial charge in [0.25, 0.3) is 5.56 Å². The fourth-order valence-corrected chi connectivity index (χ4v) is 7.82. The molecule has 0 aliphatic carbocycles. The minimum atomic E-state index is -1.25. The predicted molar refractivity (Wildman–Crippen MR) is 187 cm³/mol. The molecule has 4 aromatic rings. The Morgan fingerprint density at radius 2 is 1.80 bits per heavy atom. The topological polar surface area (TPSA) is 104 Å². The van der Waals surface area contributed by atoms with Crippen molar-refractivity contribution in [3.8, 4) is 11.1 Å². The number of carbonyl (C=O) groups is 1. The molecular formula is C34H45ClN6O4Si. The molecule has 46 heavy (non-hydrogen) atoms. The highest BCUT2D eigenvalue weighted by Crippen LogP contribution is 2.41. The smallest absolute Gasteiger partial charge is 0.407 e. The average molecular weight is 665 g/mol. The summed E-state index contributed by atoms with van der Waals surface area (Å²) in [5, 5.41) is 4.89. The maximum Gasteiger partial charge on any atom is 0.407 e. The Morgan fingerprint density at radius 1 is 1.09 bits per heavy atom. The molecule has 2 bridgehead atoms. The number of rotatable bonds is 8. The lowest BCUT2D eigenvalue weighted by Crippen LogP contribution is -2.51. The molecule has 0 radical (unpaired) electrons. The van der Waals surface area contributed by atoms with E-state index in [-0.39, 0.29) is 29.8 Å². The van der Waals surface area contributed by atoms with Crippen LogP contribution in [0.5, 0.6) is 0 Å². The van der Waals surface area contributed by atoms with Crippen molar-refractivity contribution in [2.45, 2.75) is 103 Å². The van der Waals surface area contributed by atoms with Gasteiger partial charge in [0.2, 0.25) is 0 Å². The van der Waals surface area contributed by atoms with Gasteiger partial charge in [0.15, 0.2) is 5.65 Å². The fraction of sp³-hybridized carbons (Fsp3) is 0.529. The summed E-state index contributed by atoms with van der Waals surface area (Å²) < 4.78 is 15.3. The van der Waals surface area contributed by atoms with Crippen molar-refractivity contribution in [2.24, 2.45) is 7.05 Å². The first kappa shape index (κ1) is 32.5. The molecule has 2 atom stereocenters. The number of hydrogen-bond donors (Lipinski definition) is 1. The molecule has 0 spiro atoms. The number of fused-ring (bicyclic) bond motifs is 4. The van der Waals surface area contributed by atoms with Crippen molar-refractivity contribution >= 4 is 53.5 Å². The van der Waals surface area contributed by atoms with Gasteiger partial charge in [-0.3, -0.25) is 4.79 Å². The second-order valence-electron chi connectivity index (χ2n) is 15.0. The van der Waals surface area contributed by atoms with Crippen LogP contribution in [0.4, 0.5) is 10.6 Å². The maximum absolute atomic E-state index is 12.8. The summed E-state index contributed by atoms with van der Waals surface area (Å²) in [7, 11) is 0.480. The van der Waals surface area contributed by atoms with E-state index in [0.717, 1.165) is 59.8 Å². The maximum atomic E-state index is 12.8. The van der Waals surface area contributed by atoms with E-state index in [4.69, 9.17) is 31.0 Å². The quantitative estimate of drug-likeness (QED) is 0.161. The van der Waals surface area contributed by atoms with Gasteiger partial charge in [-0.25, -0.2) is 14.8 Å². The fourth-order valence-electron chi connectivity index (χ4n) is 6.74. The van der Waals surface area contributed by atoms with Gasteiger partial charge >= 0.3 is 6.09 Å². The molecule has 2 fully saturated rings. The van der Waals surface area contributed by atoms with Gasteiger partial charge in [-0.15, -0.1) is 0 Å². The monoisotopic (exact) mass is 664 g/mol. The Kier molecular flexibility index (Phi) is 8.71. The summed E-state index contributed by atoms with van der Waals surface area (Å²) in [6, 6.07) is 7.23. The number of ether oxygens (including phenoxy) is 2. The van der Waals surface area contributed by atoms with Crippen LogP contribution in [0.2, 0.25) is 30.7 Å². The molecule has 246 valence electrons. The molecular weight excluding hydrogens is 620 g/mol. The van der Waals surface area contributed by atoms with E-state index in [1.807, 2.05) is 55.9 Å². The van der Waals surface area contributed by atoms with Crippen molar-refractivity contribution in [2.75, 3.05) is 11.5 Å². The second-order valence-corrected chi connectivity index (χ2v) is 21.0. The van der Waals surface area contributed by atoms with Crippen LogP contribution >= 0.6 is 11.6 Å². The second kappa shape index (κ2) is 12.3. The standard InChI is InChI=1S/C34H45ClN6O4Si/c1-34(2,3)45-33(43)37-21-16-22-8-9-23(17-21)41(22)28-18-36-30-27(19-40(31(30)38-28)20-44-14-15-46(5,6)7)24-10-11-26-25(29(24)35)12-13-39(4)32(26)42/h10-13,18-19,21-23H,8-9,14-17,20H2,1-7H3,(H,37,43). The highest BCUT2D eigenvalue weighted by Gasteiger charge is 2.42. The molecule has 2 aliphatic rings. The van der Waals surface area contributed by atoms with Crippen LogP contribution in [0.3, 0.4) is 0 Å². The number of amides is 1. The summed E-state index contributed by atoms with van der Waals surface area (Å²) in [6.45, 7) is 13.7. The summed E-state index contributed by atoms with van der Waals surface area (Å²) in [5.41, 5.74) is 2.48. The number of benzene rings is 1. The number of piperidine rings is 1. The van der Waals surface area contributed by atoms with Gasteiger partial charge in [-0.05, 0) is 64.6 Å². The highest BCUT2D eigenvalue weighted by atomic mass is 35.5. The molecule has 6 rings (SSSR count). The van der Waals surface area contributed by atoms with E-state index in [1.54, 1.807) is 17.8 Å².